The van der Waals surface area contributed by atoms with E-state index in [2.05, 4.69) is 18.8 Å². The molecule has 0 aromatic carbocycles. The van der Waals surface area contributed by atoms with Crippen LogP contribution in [-0.2, 0) is 14.2 Å². The zero-order valence-electron chi connectivity index (χ0n) is 30.9. The first-order chi connectivity index (χ1) is 23.5. The summed E-state index contributed by atoms with van der Waals surface area (Å²) < 4.78 is 20.9. The number of rotatable bonds is 30. The van der Waals surface area contributed by atoms with E-state index >= 15 is 0 Å². The predicted octanol–water partition coefficient (Wildman–Crippen LogP) is 9.87. The molecular weight excluding hydrogens is 604 g/mol. The van der Waals surface area contributed by atoms with E-state index in [4.69, 9.17) is 14.2 Å². The summed E-state index contributed by atoms with van der Waals surface area (Å²) in [5, 5.41) is 10.2. The lowest BCUT2D eigenvalue weighted by Crippen LogP contribution is -2.38. The Hall–Kier alpha value is -1.48. The van der Waals surface area contributed by atoms with Crippen molar-refractivity contribution in [3.05, 3.63) is 33.1 Å². The third kappa shape index (κ3) is 14.8. The number of nitrogens with one attached hydrogen (secondary N) is 1. The number of hydrogen-bond donors (Lipinski definition) is 2. The number of nitrogens with zero attached hydrogens (tertiary/aromatic N) is 1. The van der Waals surface area contributed by atoms with Gasteiger partial charge in [-0.2, -0.15) is 0 Å². The molecule has 0 bridgehead atoms. The van der Waals surface area contributed by atoms with Crippen LogP contribution in [0.15, 0.2) is 21.9 Å². The van der Waals surface area contributed by atoms with E-state index in [1.165, 1.54) is 158 Å². The number of ether oxygens (including phenoxy) is 3. The molecule has 0 aliphatic carbocycles. The van der Waals surface area contributed by atoms with Crippen LogP contribution < -0.4 is 11.2 Å². The molecule has 278 valence electrons. The van der Waals surface area contributed by atoms with Crippen molar-refractivity contribution in [1.29, 1.82) is 0 Å². The van der Waals surface area contributed by atoms with Gasteiger partial charge < -0.3 is 19.3 Å². The summed E-state index contributed by atoms with van der Waals surface area (Å²) in [7, 11) is 0. The van der Waals surface area contributed by atoms with Gasteiger partial charge in [-0.25, -0.2) is 4.79 Å². The highest BCUT2D eigenvalue weighted by molar-refractivity contribution is 5.00. The Morgan fingerprint density at radius 3 is 1.42 bits per heavy atom. The molecule has 2 aliphatic rings. The van der Waals surface area contributed by atoms with Crippen LogP contribution in [0.3, 0.4) is 0 Å². The van der Waals surface area contributed by atoms with Gasteiger partial charge in [-0.1, -0.05) is 168 Å². The van der Waals surface area contributed by atoms with Crippen LogP contribution in [0.4, 0.5) is 0 Å². The molecule has 8 heteroatoms. The normalized spacial score (nSPS) is 21.6. The van der Waals surface area contributed by atoms with Gasteiger partial charge in [0.2, 0.25) is 0 Å². The molecule has 3 heterocycles. The third-order valence-electron chi connectivity index (χ3n) is 10.6. The number of aromatic nitrogens is 2. The summed E-state index contributed by atoms with van der Waals surface area (Å²) in [5.74, 6) is -0.730. The monoisotopic (exact) mass is 677 g/mol. The highest BCUT2D eigenvalue weighted by Gasteiger charge is 2.58. The van der Waals surface area contributed by atoms with Crippen LogP contribution >= 0.6 is 0 Å². The SMILES string of the molecule is CCCCCCCCCCCCCCCC1(CCCCCCCCCCCCCCC)O[C@@H]2[C@H](O1)[C@@H](CO)O[C@H]2n1ccc(=O)[nH]c1=O. The van der Waals surface area contributed by atoms with Crippen LogP contribution in [-0.4, -0.2) is 45.4 Å². The molecule has 2 aliphatic heterocycles. The molecule has 2 fully saturated rings. The maximum absolute atomic E-state index is 12.7. The second kappa shape index (κ2) is 24.6. The Labute approximate surface area is 292 Å². The lowest BCUT2D eigenvalue weighted by molar-refractivity contribution is -0.228. The lowest BCUT2D eigenvalue weighted by atomic mass is 9.98. The van der Waals surface area contributed by atoms with Gasteiger partial charge >= 0.3 is 5.69 Å². The first-order valence-electron chi connectivity index (χ1n) is 20.5. The van der Waals surface area contributed by atoms with Crippen molar-refractivity contribution < 1.29 is 19.3 Å². The molecule has 0 saturated carbocycles. The Morgan fingerprint density at radius 2 is 1.02 bits per heavy atom. The van der Waals surface area contributed by atoms with Gasteiger partial charge in [-0.05, 0) is 12.8 Å². The van der Waals surface area contributed by atoms with Gasteiger partial charge in [0, 0.05) is 25.1 Å². The molecule has 0 amide bonds. The van der Waals surface area contributed by atoms with Crippen LogP contribution in [0, 0.1) is 0 Å². The van der Waals surface area contributed by atoms with Crippen molar-refractivity contribution in [2.45, 2.75) is 224 Å². The summed E-state index contributed by atoms with van der Waals surface area (Å²) in [5.41, 5.74) is -0.994. The summed E-state index contributed by atoms with van der Waals surface area (Å²) in [6.07, 6.45) is 34.7. The smallest absolute Gasteiger partial charge is 0.330 e. The average Bonchev–Trinajstić information content (AvgIpc) is 3.61. The van der Waals surface area contributed by atoms with Crippen molar-refractivity contribution in [1.82, 2.24) is 9.55 Å². The fraction of sp³-hybridized carbons (Fsp3) is 0.900. The standard InChI is InChI=1S/C40H72N2O6/c1-3-5-7-9-11-13-15-17-19-21-23-25-27-30-40(31-28-26-24-22-20-18-16-14-12-10-8-6-4-2)47-36-34(33-43)46-38(37(36)48-40)42-32-29-35(44)41-39(42)45/h29,32,34,36-38,43H,3-28,30-31,33H2,1-2H3,(H,41,44,45)/t34-,36-,37-,38-/m1/s1. The molecule has 8 nitrogen and oxygen atoms in total. The fourth-order valence-electron chi connectivity index (χ4n) is 7.68. The van der Waals surface area contributed by atoms with Gasteiger partial charge in [0.1, 0.15) is 18.3 Å². The van der Waals surface area contributed by atoms with E-state index in [0.29, 0.717) is 0 Å². The molecular formula is C40H72N2O6. The summed E-state index contributed by atoms with van der Waals surface area (Å²) >= 11 is 0. The van der Waals surface area contributed by atoms with Crippen LogP contribution in [0.1, 0.15) is 200 Å². The molecule has 0 spiro atoms. The lowest BCUT2D eigenvalue weighted by Gasteiger charge is -2.31. The quantitative estimate of drug-likeness (QED) is 0.0787. The van der Waals surface area contributed by atoms with Gasteiger partial charge in [0.05, 0.1) is 6.61 Å². The maximum Gasteiger partial charge on any atom is 0.330 e. The van der Waals surface area contributed by atoms with E-state index in [1.54, 1.807) is 0 Å². The van der Waals surface area contributed by atoms with Gasteiger partial charge in [0.25, 0.3) is 5.56 Å². The first-order valence-corrected chi connectivity index (χ1v) is 20.5. The van der Waals surface area contributed by atoms with Crippen LogP contribution in [0.2, 0.25) is 0 Å². The molecule has 1 aromatic rings. The van der Waals surface area contributed by atoms with Gasteiger partial charge in [-0.15, -0.1) is 0 Å². The molecule has 2 saturated heterocycles. The Kier molecular flexibility index (Phi) is 21.0. The minimum absolute atomic E-state index is 0.216. The molecule has 1 aromatic heterocycles. The minimum Gasteiger partial charge on any atom is -0.394 e. The predicted molar refractivity (Wildman–Crippen MR) is 195 cm³/mol. The zero-order valence-corrected chi connectivity index (χ0v) is 30.9. The highest BCUT2D eigenvalue weighted by atomic mass is 16.8. The number of aliphatic hydroxyl groups excluding tert-OH is 1. The van der Waals surface area contributed by atoms with Crippen molar-refractivity contribution in [2.24, 2.45) is 0 Å². The van der Waals surface area contributed by atoms with E-state index in [1.807, 2.05) is 0 Å². The topological polar surface area (TPSA) is 103 Å². The Bertz CT molecular complexity index is 1030. The number of unbranched alkanes of at least 4 members (excludes halogenated alkanes) is 24. The van der Waals surface area contributed by atoms with Gasteiger partial charge in [0.15, 0.2) is 12.0 Å². The van der Waals surface area contributed by atoms with E-state index in [-0.39, 0.29) is 6.61 Å². The number of fused-ring (bicyclic) bond motifs is 1. The Morgan fingerprint density at radius 1 is 0.625 bits per heavy atom. The zero-order chi connectivity index (χ0) is 34.3. The number of hydrogen-bond acceptors (Lipinski definition) is 6. The average molecular weight is 677 g/mol. The van der Waals surface area contributed by atoms with Crippen molar-refractivity contribution in [3.63, 3.8) is 0 Å². The van der Waals surface area contributed by atoms with Crippen LogP contribution in [0.5, 0.6) is 0 Å². The third-order valence-corrected chi connectivity index (χ3v) is 10.6. The highest BCUT2D eigenvalue weighted by Crippen LogP contribution is 2.46. The summed E-state index contributed by atoms with van der Waals surface area (Å²) in [6.45, 7) is 4.33. The number of aliphatic hydroxyl groups is 1. The number of aromatic amines is 1. The molecule has 2 N–H and O–H groups in total. The van der Waals surface area contributed by atoms with E-state index in [9.17, 15) is 14.7 Å². The minimum atomic E-state index is -0.753. The maximum atomic E-state index is 12.7. The molecule has 3 rings (SSSR count). The van der Waals surface area contributed by atoms with Crippen molar-refractivity contribution >= 4 is 0 Å². The Balaban J connectivity index is 1.43. The van der Waals surface area contributed by atoms with Crippen molar-refractivity contribution in [2.75, 3.05) is 6.61 Å². The molecule has 0 radical (unpaired) electrons. The summed E-state index contributed by atoms with van der Waals surface area (Å²) in [6, 6.07) is 1.32. The van der Waals surface area contributed by atoms with E-state index in [0.717, 1.165) is 38.5 Å². The second-order valence-electron chi connectivity index (χ2n) is 14.8. The largest absolute Gasteiger partial charge is 0.394 e. The first kappa shape index (κ1) is 40.9. The van der Waals surface area contributed by atoms with Gasteiger partial charge in [-0.3, -0.25) is 14.3 Å². The second-order valence-corrected chi connectivity index (χ2v) is 14.8. The fourth-order valence-corrected chi connectivity index (χ4v) is 7.68. The van der Waals surface area contributed by atoms with Crippen molar-refractivity contribution in [3.8, 4) is 0 Å². The molecule has 4 atom stereocenters. The van der Waals surface area contributed by atoms with E-state index < -0.39 is 41.6 Å². The molecule has 0 unspecified atom stereocenters. The van der Waals surface area contributed by atoms with Crippen LogP contribution in [0.25, 0.3) is 0 Å². The molecule has 48 heavy (non-hydrogen) atoms. The number of H-pyrrole nitrogens is 1. The summed E-state index contributed by atoms with van der Waals surface area (Å²) in [4.78, 5) is 26.7.